The molecular weight excluding hydrogens is 306 g/mol. The molecule has 0 fully saturated rings. The molecule has 0 spiro atoms. The summed E-state index contributed by atoms with van der Waals surface area (Å²) in [4.78, 5) is 12.8. The Kier molecular flexibility index (Phi) is 4.32. The Bertz CT molecular complexity index is 637. The summed E-state index contributed by atoms with van der Waals surface area (Å²) >= 11 is 1.39. The number of carbonyl (C=O) groups is 1. The van der Waals surface area contributed by atoms with Crippen LogP contribution in [0.1, 0.15) is 33.8 Å². The van der Waals surface area contributed by atoms with Crippen molar-refractivity contribution in [1.29, 1.82) is 0 Å². The maximum atomic E-state index is 13.6. The Morgan fingerprint density at radius 2 is 2.00 bits per heavy atom. The molecular formula is C14H11F4NOS. The summed E-state index contributed by atoms with van der Waals surface area (Å²) in [6, 6.07) is 4.92. The van der Waals surface area contributed by atoms with E-state index in [0.29, 0.717) is 18.2 Å². The van der Waals surface area contributed by atoms with E-state index in [1.165, 1.54) is 11.3 Å². The minimum atomic E-state index is -4.62. The van der Waals surface area contributed by atoms with Crippen LogP contribution >= 0.6 is 11.3 Å². The van der Waals surface area contributed by atoms with E-state index in [4.69, 9.17) is 0 Å². The Hall–Kier alpha value is -1.89. The molecule has 21 heavy (non-hydrogen) atoms. The third kappa shape index (κ3) is 3.60. The van der Waals surface area contributed by atoms with Gasteiger partial charge in [0, 0.05) is 4.88 Å². The van der Waals surface area contributed by atoms with Crippen molar-refractivity contribution < 1.29 is 22.4 Å². The van der Waals surface area contributed by atoms with Gasteiger partial charge in [-0.1, -0.05) is 6.07 Å². The molecule has 0 saturated heterocycles. The molecule has 0 aliphatic carbocycles. The fourth-order valence-electron chi connectivity index (χ4n) is 1.76. The number of hydrogen-bond acceptors (Lipinski definition) is 2. The van der Waals surface area contributed by atoms with E-state index in [-0.39, 0.29) is 0 Å². The average Bonchev–Trinajstić information content (AvgIpc) is 2.91. The number of hydrogen-bond donors (Lipinski definition) is 1. The lowest BCUT2D eigenvalue weighted by Crippen LogP contribution is -2.27. The second kappa shape index (κ2) is 5.85. The van der Waals surface area contributed by atoms with Crippen LogP contribution in [0.25, 0.3) is 0 Å². The Labute approximate surface area is 122 Å². The number of benzene rings is 1. The molecule has 0 aliphatic rings. The van der Waals surface area contributed by atoms with Crippen LogP contribution in [-0.4, -0.2) is 5.91 Å². The molecule has 1 N–H and O–H groups in total. The Balaban J connectivity index is 2.23. The van der Waals surface area contributed by atoms with E-state index in [2.05, 4.69) is 5.32 Å². The zero-order valence-electron chi connectivity index (χ0n) is 10.9. The van der Waals surface area contributed by atoms with Crippen molar-refractivity contribution in [2.75, 3.05) is 0 Å². The SMILES string of the molecule is CC(NC(=O)c1cc(C(F)(F)F)ccc1F)c1cccs1. The van der Waals surface area contributed by atoms with Crippen molar-refractivity contribution in [3.05, 3.63) is 57.5 Å². The molecule has 1 amide bonds. The number of alkyl halides is 3. The maximum Gasteiger partial charge on any atom is 0.416 e. The van der Waals surface area contributed by atoms with Crippen molar-refractivity contribution in [1.82, 2.24) is 5.32 Å². The molecule has 2 nitrogen and oxygen atoms in total. The predicted molar refractivity (Wildman–Crippen MR) is 71.6 cm³/mol. The Morgan fingerprint density at radius 3 is 2.57 bits per heavy atom. The fourth-order valence-corrected chi connectivity index (χ4v) is 2.49. The minimum Gasteiger partial charge on any atom is -0.345 e. The highest BCUT2D eigenvalue weighted by Gasteiger charge is 2.32. The second-order valence-electron chi connectivity index (χ2n) is 4.40. The van der Waals surface area contributed by atoms with Crippen LogP contribution in [0.5, 0.6) is 0 Å². The number of nitrogens with one attached hydrogen (secondary N) is 1. The van der Waals surface area contributed by atoms with Gasteiger partial charge in [-0.25, -0.2) is 4.39 Å². The van der Waals surface area contributed by atoms with Crippen LogP contribution in [0, 0.1) is 5.82 Å². The van der Waals surface area contributed by atoms with E-state index in [1.54, 1.807) is 19.1 Å². The number of carbonyl (C=O) groups excluding carboxylic acids is 1. The molecule has 1 atom stereocenters. The summed E-state index contributed by atoms with van der Waals surface area (Å²) in [6.45, 7) is 1.68. The van der Waals surface area contributed by atoms with Crippen molar-refractivity contribution in [2.45, 2.75) is 19.1 Å². The van der Waals surface area contributed by atoms with Crippen LogP contribution in [0.2, 0.25) is 0 Å². The molecule has 1 aromatic carbocycles. The molecule has 1 unspecified atom stereocenters. The number of thiophene rings is 1. The van der Waals surface area contributed by atoms with Gasteiger partial charge in [0.1, 0.15) is 5.82 Å². The highest BCUT2D eigenvalue weighted by atomic mass is 32.1. The molecule has 1 heterocycles. The van der Waals surface area contributed by atoms with Gasteiger partial charge in [0.05, 0.1) is 17.2 Å². The monoisotopic (exact) mass is 317 g/mol. The molecule has 7 heteroatoms. The summed E-state index contributed by atoms with van der Waals surface area (Å²) in [5.41, 5.74) is -1.67. The second-order valence-corrected chi connectivity index (χ2v) is 5.38. The third-order valence-corrected chi connectivity index (χ3v) is 3.91. The van der Waals surface area contributed by atoms with Crippen molar-refractivity contribution in [2.24, 2.45) is 0 Å². The van der Waals surface area contributed by atoms with E-state index in [9.17, 15) is 22.4 Å². The van der Waals surface area contributed by atoms with Gasteiger partial charge >= 0.3 is 6.18 Å². The molecule has 0 bridgehead atoms. The predicted octanol–water partition coefficient (Wildman–Crippen LogP) is 4.40. The van der Waals surface area contributed by atoms with Gasteiger partial charge in [0.25, 0.3) is 5.91 Å². The van der Waals surface area contributed by atoms with Crippen LogP contribution in [0.4, 0.5) is 17.6 Å². The Morgan fingerprint density at radius 1 is 1.29 bits per heavy atom. The van der Waals surface area contributed by atoms with Gasteiger partial charge in [-0.2, -0.15) is 13.2 Å². The lowest BCUT2D eigenvalue weighted by Gasteiger charge is -2.14. The normalized spacial score (nSPS) is 13.0. The zero-order valence-corrected chi connectivity index (χ0v) is 11.7. The van der Waals surface area contributed by atoms with Crippen LogP contribution in [0.3, 0.4) is 0 Å². The first-order valence-corrected chi connectivity index (χ1v) is 6.88. The van der Waals surface area contributed by atoms with Gasteiger partial charge in [0.2, 0.25) is 0 Å². The quantitative estimate of drug-likeness (QED) is 0.836. The summed E-state index contributed by atoms with van der Waals surface area (Å²) in [5.74, 6) is -1.86. The topological polar surface area (TPSA) is 29.1 Å². The van der Waals surface area contributed by atoms with E-state index < -0.39 is 35.1 Å². The van der Waals surface area contributed by atoms with Crippen LogP contribution < -0.4 is 5.32 Å². The minimum absolute atomic E-state index is 0.411. The first kappa shape index (κ1) is 15.5. The molecule has 2 rings (SSSR count). The van der Waals surface area contributed by atoms with Gasteiger partial charge in [-0.15, -0.1) is 11.3 Å². The smallest absolute Gasteiger partial charge is 0.345 e. The van der Waals surface area contributed by atoms with Crippen LogP contribution in [-0.2, 0) is 6.18 Å². The van der Waals surface area contributed by atoms with E-state index >= 15 is 0 Å². The first-order chi connectivity index (χ1) is 9.79. The van der Waals surface area contributed by atoms with Gasteiger partial charge in [-0.05, 0) is 36.6 Å². The number of rotatable bonds is 3. The van der Waals surface area contributed by atoms with Crippen molar-refractivity contribution >= 4 is 17.2 Å². The zero-order chi connectivity index (χ0) is 15.6. The molecule has 1 aromatic heterocycles. The number of amides is 1. The van der Waals surface area contributed by atoms with Crippen molar-refractivity contribution in [3.63, 3.8) is 0 Å². The van der Waals surface area contributed by atoms with Crippen LogP contribution in [0.15, 0.2) is 35.7 Å². The highest BCUT2D eigenvalue weighted by molar-refractivity contribution is 7.10. The maximum absolute atomic E-state index is 13.6. The van der Waals surface area contributed by atoms with Gasteiger partial charge in [0.15, 0.2) is 0 Å². The summed E-state index contributed by atoms with van der Waals surface area (Å²) < 4.78 is 51.4. The summed E-state index contributed by atoms with van der Waals surface area (Å²) in [6.07, 6.45) is -4.62. The standard InChI is InChI=1S/C14H11F4NOS/c1-8(12-3-2-6-21-12)19-13(20)10-7-9(14(16,17)18)4-5-11(10)15/h2-8H,1H3,(H,19,20). The molecule has 0 radical (unpaired) electrons. The summed E-state index contributed by atoms with van der Waals surface area (Å²) in [7, 11) is 0. The van der Waals surface area contributed by atoms with Crippen molar-refractivity contribution in [3.8, 4) is 0 Å². The van der Waals surface area contributed by atoms with Gasteiger partial charge < -0.3 is 5.32 Å². The molecule has 0 aliphatic heterocycles. The summed E-state index contributed by atoms with van der Waals surface area (Å²) in [5, 5.41) is 4.29. The highest BCUT2D eigenvalue weighted by Crippen LogP contribution is 2.30. The molecule has 112 valence electrons. The lowest BCUT2D eigenvalue weighted by atomic mass is 10.1. The third-order valence-electron chi connectivity index (χ3n) is 2.86. The van der Waals surface area contributed by atoms with Gasteiger partial charge in [-0.3, -0.25) is 4.79 Å². The first-order valence-electron chi connectivity index (χ1n) is 6.00. The molecule has 2 aromatic rings. The number of halogens is 4. The van der Waals surface area contributed by atoms with E-state index in [1.807, 2.05) is 5.38 Å². The fraction of sp³-hybridized carbons (Fsp3) is 0.214. The molecule has 0 saturated carbocycles. The lowest BCUT2D eigenvalue weighted by molar-refractivity contribution is -0.137. The van der Waals surface area contributed by atoms with E-state index in [0.717, 1.165) is 4.88 Å². The average molecular weight is 317 g/mol. The largest absolute Gasteiger partial charge is 0.416 e.